The first-order valence-corrected chi connectivity index (χ1v) is 7.43. The fourth-order valence-corrected chi connectivity index (χ4v) is 2.58. The number of aromatic nitrogens is 3. The zero-order valence-electron chi connectivity index (χ0n) is 12.5. The van der Waals surface area contributed by atoms with Crippen LogP contribution in [0, 0.1) is 0 Å². The molecule has 0 saturated carbocycles. The maximum absolute atomic E-state index is 6.40. The first-order valence-electron chi connectivity index (χ1n) is 7.05. The van der Waals surface area contributed by atoms with Crippen LogP contribution in [0.25, 0.3) is 27.9 Å². The molecule has 0 bridgehead atoms. The predicted octanol–water partition coefficient (Wildman–Crippen LogP) is 4.33. The van der Waals surface area contributed by atoms with Crippen molar-refractivity contribution in [1.82, 2.24) is 15.0 Å². The van der Waals surface area contributed by atoms with E-state index in [1.807, 2.05) is 12.1 Å². The molecule has 0 atom stereocenters. The lowest BCUT2D eigenvalue weighted by atomic mass is 10.1. The molecule has 0 aliphatic heterocycles. The molecule has 3 rings (SSSR count). The maximum atomic E-state index is 6.40. The number of benzene rings is 1. The van der Waals surface area contributed by atoms with Crippen molar-refractivity contribution >= 4 is 28.2 Å². The number of nitrogens with two attached hydrogens (primary N) is 1. The first-order chi connectivity index (χ1) is 10.5. The topological polar surface area (TPSA) is 67.6 Å². The van der Waals surface area contributed by atoms with E-state index in [2.05, 4.69) is 41.4 Å². The summed E-state index contributed by atoms with van der Waals surface area (Å²) in [5.41, 5.74) is 10.3. The summed E-state index contributed by atoms with van der Waals surface area (Å²) in [6.07, 6.45) is 3.26. The number of nitrogens with one attached hydrogen (secondary N) is 1. The summed E-state index contributed by atoms with van der Waals surface area (Å²) in [4.78, 5) is 12.1. The van der Waals surface area contributed by atoms with Gasteiger partial charge in [-0.1, -0.05) is 32.0 Å². The van der Waals surface area contributed by atoms with Gasteiger partial charge in [0.1, 0.15) is 5.69 Å². The Bertz CT molecular complexity index is 847. The van der Waals surface area contributed by atoms with Crippen LogP contribution in [0.5, 0.6) is 0 Å². The molecule has 0 fully saturated rings. The fourth-order valence-electron chi connectivity index (χ4n) is 2.32. The van der Waals surface area contributed by atoms with Crippen LogP contribution in [0.1, 0.15) is 31.2 Å². The van der Waals surface area contributed by atoms with Gasteiger partial charge < -0.3 is 10.7 Å². The smallest absolute Gasteiger partial charge is 0.104 e. The van der Waals surface area contributed by atoms with Crippen LogP contribution in [-0.4, -0.2) is 15.0 Å². The molecule has 0 spiro atoms. The summed E-state index contributed by atoms with van der Waals surface area (Å²) < 4.78 is 0. The summed E-state index contributed by atoms with van der Waals surface area (Å²) >= 11 is 6.40. The zero-order valence-corrected chi connectivity index (χ0v) is 13.3. The Balaban J connectivity index is 2.09. The molecule has 22 heavy (non-hydrogen) atoms. The van der Waals surface area contributed by atoms with Gasteiger partial charge >= 0.3 is 0 Å². The Morgan fingerprint density at radius 3 is 2.59 bits per heavy atom. The van der Waals surface area contributed by atoms with Crippen LogP contribution in [-0.2, 0) is 0 Å². The van der Waals surface area contributed by atoms with Crippen molar-refractivity contribution in [3.63, 3.8) is 0 Å². The van der Waals surface area contributed by atoms with E-state index in [4.69, 9.17) is 17.3 Å². The molecule has 2 heterocycles. The molecular formula is C17H17ClN4. The molecule has 2 aromatic heterocycles. The molecule has 112 valence electrons. The van der Waals surface area contributed by atoms with Gasteiger partial charge in [-0.3, -0.25) is 9.97 Å². The van der Waals surface area contributed by atoms with E-state index < -0.39 is 0 Å². The SMILES string of the molecule is C=C(N)c1cnc(-c2cc3[nH]c(C(C)C)cc3cc2Cl)cn1. The second-order valence-electron chi connectivity index (χ2n) is 5.61. The molecule has 3 N–H and O–H groups in total. The van der Waals surface area contributed by atoms with Crippen LogP contribution in [0.3, 0.4) is 0 Å². The Labute approximate surface area is 134 Å². The highest BCUT2D eigenvalue weighted by Gasteiger charge is 2.11. The predicted molar refractivity (Wildman–Crippen MR) is 91.6 cm³/mol. The normalized spacial score (nSPS) is 11.3. The molecule has 0 unspecified atom stereocenters. The second kappa shape index (κ2) is 5.46. The minimum Gasteiger partial charge on any atom is -0.397 e. The Hall–Kier alpha value is -2.33. The third-order valence-electron chi connectivity index (χ3n) is 3.61. The number of hydrogen-bond donors (Lipinski definition) is 2. The van der Waals surface area contributed by atoms with Crippen LogP contribution in [0.2, 0.25) is 5.02 Å². The van der Waals surface area contributed by atoms with E-state index in [1.165, 1.54) is 5.69 Å². The largest absolute Gasteiger partial charge is 0.397 e. The van der Waals surface area contributed by atoms with Gasteiger partial charge in [0.2, 0.25) is 0 Å². The lowest BCUT2D eigenvalue weighted by Gasteiger charge is -2.05. The van der Waals surface area contributed by atoms with Gasteiger partial charge in [-0.2, -0.15) is 0 Å². The minimum atomic E-state index is 0.395. The van der Waals surface area contributed by atoms with E-state index in [-0.39, 0.29) is 0 Å². The number of halogens is 1. The van der Waals surface area contributed by atoms with E-state index in [9.17, 15) is 0 Å². The molecule has 0 amide bonds. The molecule has 5 heteroatoms. The lowest BCUT2D eigenvalue weighted by Crippen LogP contribution is -1.98. The number of rotatable bonds is 3. The van der Waals surface area contributed by atoms with E-state index in [0.29, 0.717) is 28.0 Å². The second-order valence-corrected chi connectivity index (χ2v) is 6.02. The summed E-state index contributed by atoms with van der Waals surface area (Å²) in [5.74, 6) is 0.435. The zero-order chi connectivity index (χ0) is 15.9. The maximum Gasteiger partial charge on any atom is 0.104 e. The Morgan fingerprint density at radius 2 is 2.00 bits per heavy atom. The van der Waals surface area contributed by atoms with Crippen LogP contribution in [0.15, 0.2) is 37.2 Å². The van der Waals surface area contributed by atoms with Crippen molar-refractivity contribution in [2.75, 3.05) is 0 Å². The molecule has 0 radical (unpaired) electrons. The standard InChI is InChI=1S/C17H17ClN4/c1-9(2)14-5-11-4-13(18)12(6-15(11)22-14)17-8-20-16(7-21-17)10(3)19/h4-9,22H,3,19H2,1-2H3. The van der Waals surface area contributed by atoms with Crippen molar-refractivity contribution in [3.8, 4) is 11.3 Å². The number of aromatic amines is 1. The van der Waals surface area contributed by atoms with Crippen molar-refractivity contribution < 1.29 is 0 Å². The molecule has 4 nitrogen and oxygen atoms in total. The summed E-state index contributed by atoms with van der Waals surface area (Å²) in [6.45, 7) is 7.95. The van der Waals surface area contributed by atoms with Gasteiger partial charge in [-0.05, 0) is 24.1 Å². The molecule has 0 saturated heterocycles. The van der Waals surface area contributed by atoms with Crippen LogP contribution in [0.4, 0.5) is 0 Å². The van der Waals surface area contributed by atoms with Gasteiger partial charge in [-0.15, -0.1) is 0 Å². The van der Waals surface area contributed by atoms with Crippen molar-refractivity contribution in [3.05, 3.63) is 53.6 Å². The lowest BCUT2D eigenvalue weighted by molar-refractivity contribution is 0.836. The highest BCUT2D eigenvalue weighted by atomic mass is 35.5. The average Bonchev–Trinajstić information content (AvgIpc) is 2.89. The summed E-state index contributed by atoms with van der Waals surface area (Å²) in [5, 5.41) is 1.74. The third kappa shape index (κ3) is 2.57. The van der Waals surface area contributed by atoms with Crippen molar-refractivity contribution in [2.24, 2.45) is 5.73 Å². The van der Waals surface area contributed by atoms with Gasteiger partial charge in [-0.25, -0.2) is 0 Å². The Morgan fingerprint density at radius 1 is 1.23 bits per heavy atom. The third-order valence-corrected chi connectivity index (χ3v) is 3.92. The highest BCUT2D eigenvalue weighted by molar-refractivity contribution is 6.34. The number of H-pyrrole nitrogens is 1. The minimum absolute atomic E-state index is 0.395. The first kappa shape index (κ1) is 14.6. The van der Waals surface area contributed by atoms with Gasteiger partial charge in [0.15, 0.2) is 0 Å². The molecule has 0 aliphatic carbocycles. The number of fused-ring (bicyclic) bond motifs is 1. The van der Waals surface area contributed by atoms with E-state index >= 15 is 0 Å². The number of hydrogen-bond acceptors (Lipinski definition) is 3. The van der Waals surface area contributed by atoms with Crippen LogP contribution >= 0.6 is 11.6 Å². The van der Waals surface area contributed by atoms with Gasteiger partial charge in [0.25, 0.3) is 0 Å². The Kier molecular flexibility index (Phi) is 3.62. The molecule has 3 aromatic rings. The van der Waals surface area contributed by atoms with E-state index in [1.54, 1.807) is 12.4 Å². The monoisotopic (exact) mass is 312 g/mol. The summed E-state index contributed by atoms with van der Waals surface area (Å²) in [6, 6.07) is 6.08. The highest BCUT2D eigenvalue weighted by Crippen LogP contribution is 2.32. The van der Waals surface area contributed by atoms with Crippen LogP contribution < -0.4 is 5.73 Å². The van der Waals surface area contributed by atoms with Crippen molar-refractivity contribution in [2.45, 2.75) is 19.8 Å². The molecule has 0 aliphatic rings. The molecule has 1 aromatic carbocycles. The van der Waals surface area contributed by atoms with Crippen molar-refractivity contribution in [1.29, 1.82) is 0 Å². The quantitative estimate of drug-likeness (QED) is 0.756. The van der Waals surface area contributed by atoms with Gasteiger partial charge in [0, 0.05) is 22.2 Å². The molecular weight excluding hydrogens is 296 g/mol. The number of nitrogens with zero attached hydrogens (tertiary/aromatic N) is 2. The fraction of sp³-hybridized carbons (Fsp3) is 0.176. The van der Waals surface area contributed by atoms with Gasteiger partial charge in [0.05, 0.1) is 28.8 Å². The van der Waals surface area contributed by atoms with E-state index in [0.717, 1.165) is 16.5 Å². The summed E-state index contributed by atoms with van der Waals surface area (Å²) in [7, 11) is 0. The average molecular weight is 313 g/mol.